The number of sulfone groups is 1. The number of hydrogen-bond donors (Lipinski definition) is 1. The summed E-state index contributed by atoms with van der Waals surface area (Å²) < 4.78 is 24.3. The first kappa shape index (κ1) is 16.4. The maximum atomic E-state index is 12.1. The molecule has 1 N–H and O–H groups in total. The van der Waals surface area contributed by atoms with Gasteiger partial charge in [-0.25, -0.2) is 13.4 Å². The lowest BCUT2D eigenvalue weighted by Crippen LogP contribution is -2.16. The van der Waals surface area contributed by atoms with E-state index in [0.29, 0.717) is 16.3 Å². The minimum absolute atomic E-state index is 0.145. The summed E-state index contributed by atoms with van der Waals surface area (Å²) in [6, 6.07) is 6.50. The van der Waals surface area contributed by atoms with Crippen molar-refractivity contribution in [1.82, 2.24) is 4.98 Å². The van der Waals surface area contributed by atoms with Gasteiger partial charge in [0.25, 0.3) is 0 Å². The Morgan fingerprint density at radius 1 is 1.33 bits per heavy atom. The van der Waals surface area contributed by atoms with Crippen LogP contribution in [0.4, 0.5) is 0 Å². The fourth-order valence-corrected chi connectivity index (χ4v) is 4.25. The van der Waals surface area contributed by atoms with Crippen molar-refractivity contribution in [3.05, 3.63) is 50.9 Å². The molecule has 2 rings (SSSR count). The van der Waals surface area contributed by atoms with Crippen LogP contribution < -0.4 is 0 Å². The Labute approximate surface area is 133 Å². The molecule has 0 aliphatic carbocycles. The molecule has 0 radical (unpaired) electrons. The molecule has 1 aromatic carbocycles. The Balaban J connectivity index is 2.04. The molecule has 0 spiro atoms. The third-order valence-corrected chi connectivity index (χ3v) is 5.79. The average molecular weight is 346 g/mol. The van der Waals surface area contributed by atoms with Crippen LogP contribution >= 0.6 is 22.9 Å². The van der Waals surface area contributed by atoms with Gasteiger partial charge in [-0.2, -0.15) is 0 Å². The molecule has 0 aliphatic rings. The standard InChI is InChI=1S/C14H16ClNO3S2/c1-2-14-16-12(7-20-14)8-21(18,19)9-13(17)10-3-5-11(15)6-4-10/h3-7,13,17H,2,8-9H2,1H3. The number of aliphatic hydroxyl groups is 1. The number of aryl methyl sites for hydroxylation is 1. The quantitative estimate of drug-likeness (QED) is 0.873. The molecule has 0 fully saturated rings. The molecule has 1 unspecified atom stereocenters. The van der Waals surface area contributed by atoms with Crippen molar-refractivity contribution in [2.45, 2.75) is 25.2 Å². The molecule has 1 atom stereocenters. The molecule has 1 heterocycles. The Hall–Kier alpha value is -0.950. The second-order valence-corrected chi connectivity index (χ2v) is 8.20. The van der Waals surface area contributed by atoms with E-state index in [1.54, 1.807) is 29.6 Å². The molecule has 7 heteroatoms. The van der Waals surface area contributed by atoms with Gasteiger partial charge >= 0.3 is 0 Å². The summed E-state index contributed by atoms with van der Waals surface area (Å²) in [6.45, 7) is 1.97. The Morgan fingerprint density at radius 2 is 2.00 bits per heavy atom. The van der Waals surface area contributed by atoms with E-state index < -0.39 is 15.9 Å². The summed E-state index contributed by atoms with van der Waals surface area (Å²) in [4.78, 5) is 4.25. The second kappa shape index (κ2) is 6.87. The first-order valence-corrected chi connectivity index (χ1v) is 9.55. The third-order valence-electron chi connectivity index (χ3n) is 2.94. The molecule has 0 amide bonds. The molecule has 114 valence electrons. The van der Waals surface area contributed by atoms with Crippen LogP contribution in [0.2, 0.25) is 5.02 Å². The topological polar surface area (TPSA) is 67.3 Å². The van der Waals surface area contributed by atoms with E-state index in [-0.39, 0.29) is 11.5 Å². The normalized spacial score (nSPS) is 13.3. The number of nitrogens with zero attached hydrogens (tertiary/aromatic N) is 1. The van der Waals surface area contributed by atoms with Gasteiger partial charge in [-0.3, -0.25) is 0 Å². The summed E-state index contributed by atoms with van der Waals surface area (Å²) in [5.41, 5.74) is 1.08. The Bertz CT molecular complexity index is 695. The fraction of sp³-hybridized carbons (Fsp3) is 0.357. The highest BCUT2D eigenvalue weighted by molar-refractivity contribution is 7.90. The van der Waals surface area contributed by atoms with Crippen LogP contribution in [0.25, 0.3) is 0 Å². The maximum Gasteiger partial charge on any atom is 0.158 e. The molecule has 0 saturated heterocycles. The van der Waals surface area contributed by atoms with Crippen LogP contribution in [0.1, 0.15) is 29.3 Å². The van der Waals surface area contributed by atoms with Gasteiger partial charge in [-0.05, 0) is 24.1 Å². The van der Waals surface area contributed by atoms with E-state index in [4.69, 9.17) is 11.6 Å². The van der Waals surface area contributed by atoms with Crippen LogP contribution in [0, 0.1) is 0 Å². The largest absolute Gasteiger partial charge is 0.387 e. The molecular weight excluding hydrogens is 330 g/mol. The first-order valence-electron chi connectivity index (χ1n) is 6.47. The van der Waals surface area contributed by atoms with Crippen LogP contribution in [-0.4, -0.2) is 24.3 Å². The number of rotatable bonds is 6. The number of thiazole rings is 1. The Morgan fingerprint density at radius 3 is 2.57 bits per heavy atom. The number of halogens is 1. The van der Waals surface area contributed by atoms with Gasteiger partial charge in [-0.1, -0.05) is 30.7 Å². The number of benzene rings is 1. The zero-order valence-electron chi connectivity index (χ0n) is 11.5. The molecule has 0 aliphatic heterocycles. The average Bonchev–Trinajstić information content (AvgIpc) is 2.85. The van der Waals surface area contributed by atoms with Crippen LogP contribution in [0.5, 0.6) is 0 Å². The monoisotopic (exact) mass is 345 g/mol. The van der Waals surface area contributed by atoms with E-state index in [0.717, 1.165) is 11.4 Å². The maximum absolute atomic E-state index is 12.1. The van der Waals surface area contributed by atoms with Gasteiger partial charge in [0.05, 0.1) is 28.3 Å². The van der Waals surface area contributed by atoms with Crippen LogP contribution in [0.15, 0.2) is 29.6 Å². The molecule has 0 saturated carbocycles. The molecule has 1 aromatic heterocycles. The van der Waals surface area contributed by atoms with E-state index in [1.807, 2.05) is 6.92 Å². The van der Waals surface area contributed by atoms with Gasteiger partial charge in [0.15, 0.2) is 9.84 Å². The molecule has 21 heavy (non-hydrogen) atoms. The number of aromatic nitrogens is 1. The third kappa shape index (κ3) is 4.78. The van der Waals surface area contributed by atoms with Crippen molar-refractivity contribution >= 4 is 32.8 Å². The zero-order valence-corrected chi connectivity index (χ0v) is 13.9. The summed E-state index contributed by atoms with van der Waals surface area (Å²) >= 11 is 7.22. The second-order valence-electron chi connectivity index (χ2n) is 4.71. The van der Waals surface area contributed by atoms with Crippen LogP contribution in [0.3, 0.4) is 0 Å². The van der Waals surface area contributed by atoms with Gasteiger partial charge < -0.3 is 5.11 Å². The van der Waals surface area contributed by atoms with Crippen molar-refractivity contribution in [2.75, 3.05) is 5.75 Å². The van der Waals surface area contributed by atoms with Crippen molar-refractivity contribution in [3.8, 4) is 0 Å². The van der Waals surface area contributed by atoms with Gasteiger partial charge in [-0.15, -0.1) is 11.3 Å². The van der Waals surface area contributed by atoms with E-state index in [9.17, 15) is 13.5 Å². The highest BCUT2D eigenvalue weighted by atomic mass is 35.5. The molecule has 0 bridgehead atoms. The van der Waals surface area contributed by atoms with Crippen molar-refractivity contribution in [1.29, 1.82) is 0 Å². The van der Waals surface area contributed by atoms with E-state index in [2.05, 4.69) is 4.98 Å². The van der Waals surface area contributed by atoms with Crippen molar-refractivity contribution in [3.63, 3.8) is 0 Å². The highest BCUT2D eigenvalue weighted by Crippen LogP contribution is 2.20. The van der Waals surface area contributed by atoms with E-state index >= 15 is 0 Å². The molecular formula is C14H16ClNO3S2. The van der Waals surface area contributed by atoms with Gasteiger partial charge in [0.1, 0.15) is 0 Å². The fourth-order valence-electron chi connectivity index (χ4n) is 1.88. The lowest BCUT2D eigenvalue weighted by molar-refractivity contribution is 0.201. The minimum Gasteiger partial charge on any atom is -0.387 e. The lowest BCUT2D eigenvalue weighted by Gasteiger charge is -2.11. The summed E-state index contributed by atoms with van der Waals surface area (Å²) in [7, 11) is -3.43. The van der Waals surface area contributed by atoms with E-state index in [1.165, 1.54) is 11.3 Å². The SMILES string of the molecule is CCc1nc(CS(=O)(=O)CC(O)c2ccc(Cl)cc2)cs1. The highest BCUT2D eigenvalue weighted by Gasteiger charge is 2.20. The Kier molecular flexibility index (Phi) is 5.37. The first-order chi connectivity index (χ1) is 9.89. The lowest BCUT2D eigenvalue weighted by atomic mass is 10.1. The van der Waals surface area contributed by atoms with Gasteiger partial charge in [0, 0.05) is 10.4 Å². The minimum atomic E-state index is -3.43. The number of hydrogen-bond acceptors (Lipinski definition) is 5. The van der Waals surface area contributed by atoms with Gasteiger partial charge in [0.2, 0.25) is 0 Å². The summed E-state index contributed by atoms with van der Waals surface area (Å²) in [6.07, 6.45) is -0.269. The smallest absolute Gasteiger partial charge is 0.158 e. The number of aliphatic hydroxyl groups excluding tert-OH is 1. The summed E-state index contributed by atoms with van der Waals surface area (Å²) in [5.74, 6) is -0.470. The van der Waals surface area contributed by atoms with Crippen LogP contribution in [-0.2, 0) is 22.0 Å². The molecule has 2 aromatic rings. The molecule has 4 nitrogen and oxygen atoms in total. The zero-order chi connectivity index (χ0) is 15.5. The predicted octanol–water partition coefficient (Wildman–Crippen LogP) is 3.01. The summed E-state index contributed by atoms with van der Waals surface area (Å²) in [5, 5.41) is 13.3. The van der Waals surface area contributed by atoms with Crippen molar-refractivity contribution in [2.24, 2.45) is 0 Å². The van der Waals surface area contributed by atoms with Crippen molar-refractivity contribution < 1.29 is 13.5 Å². The predicted molar refractivity (Wildman–Crippen MR) is 85.4 cm³/mol.